The van der Waals surface area contributed by atoms with Gasteiger partial charge in [-0.1, -0.05) is 30.3 Å². The van der Waals surface area contributed by atoms with Crippen molar-refractivity contribution in [2.45, 2.75) is 19.3 Å². The molecule has 0 aliphatic heterocycles. The number of fused-ring (bicyclic) bond motifs is 3. The molecule has 4 rings (SSSR count). The van der Waals surface area contributed by atoms with Gasteiger partial charge in [-0.2, -0.15) is 4.73 Å². The van der Waals surface area contributed by atoms with E-state index in [1.807, 2.05) is 30.3 Å². The molecule has 2 heterocycles. The van der Waals surface area contributed by atoms with Crippen molar-refractivity contribution in [1.82, 2.24) is 14.7 Å². The Hall–Kier alpha value is -2.62. The third-order valence-electron chi connectivity index (χ3n) is 3.95. The van der Waals surface area contributed by atoms with Gasteiger partial charge < -0.3 is 5.21 Å². The van der Waals surface area contributed by atoms with Crippen LogP contribution in [0, 0.1) is 0 Å². The van der Waals surface area contributed by atoms with E-state index in [0.717, 1.165) is 36.2 Å². The van der Waals surface area contributed by atoms with E-state index in [4.69, 9.17) is 0 Å². The van der Waals surface area contributed by atoms with E-state index in [-0.39, 0.29) is 0 Å². The molecule has 4 heteroatoms. The Bertz CT molecular complexity index is 793. The number of benzene rings is 1. The second kappa shape index (κ2) is 4.74. The van der Waals surface area contributed by atoms with Gasteiger partial charge >= 0.3 is 0 Å². The number of aromatic nitrogens is 3. The number of hydrogen-bond donors (Lipinski definition) is 1. The molecule has 0 atom stereocenters. The zero-order chi connectivity index (χ0) is 14.2. The third-order valence-corrected chi connectivity index (χ3v) is 3.95. The van der Waals surface area contributed by atoms with E-state index in [9.17, 15) is 5.21 Å². The monoisotopic (exact) mass is 277 g/mol. The van der Waals surface area contributed by atoms with Crippen molar-refractivity contribution in [2.24, 2.45) is 0 Å². The van der Waals surface area contributed by atoms with Crippen LogP contribution in [0.5, 0.6) is 0 Å². The highest BCUT2D eigenvalue weighted by molar-refractivity contribution is 5.70. The standard InChI is InChI=1S/C17H15N3O/c21-20-16-13-8-2-1-6-12(13)7-5-10-14(16)19-17(20)15-9-3-4-11-18-15/h1-4,6,8-9,11,21H,5,7,10H2. The molecule has 1 aliphatic rings. The van der Waals surface area contributed by atoms with Crippen molar-refractivity contribution >= 4 is 0 Å². The summed E-state index contributed by atoms with van der Waals surface area (Å²) in [4.78, 5) is 8.92. The lowest BCUT2D eigenvalue weighted by Gasteiger charge is -2.08. The van der Waals surface area contributed by atoms with Gasteiger partial charge in [0.1, 0.15) is 11.4 Å². The van der Waals surface area contributed by atoms with E-state index in [1.165, 1.54) is 10.3 Å². The van der Waals surface area contributed by atoms with Crippen molar-refractivity contribution in [3.05, 3.63) is 59.9 Å². The topological polar surface area (TPSA) is 50.9 Å². The van der Waals surface area contributed by atoms with Crippen molar-refractivity contribution < 1.29 is 5.21 Å². The van der Waals surface area contributed by atoms with Crippen LogP contribution < -0.4 is 0 Å². The average molecular weight is 277 g/mol. The van der Waals surface area contributed by atoms with Gasteiger partial charge in [0, 0.05) is 11.8 Å². The highest BCUT2D eigenvalue weighted by Crippen LogP contribution is 2.34. The minimum absolute atomic E-state index is 0.511. The second-order valence-corrected chi connectivity index (χ2v) is 5.27. The first-order valence-corrected chi connectivity index (χ1v) is 7.15. The molecule has 0 amide bonds. The summed E-state index contributed by atoms with van der Waals surface area (Å²) in [5.74, 6) is 0.511. The highest BCUT2D eigenvalue weighted by Gasteiger charge is 2.23. The van der Waals surface area contributed by atoms with Gasteiger partial charge in [-0.3, -0.25) is 4.98 Å². The summed E-state index contributed by atoms with van der Waals surface area (Å²) in [7, 11) is 0. The highest BCUT2D eigenvalue weighted by atomic mass is 16.5. The predicted molar refractivity (Wildman–Crippen MR) is 80.1 cm³/mol. The number of hydrogen-bond acceptors (Lipinski definition) is 3. The Morgan fingerprint density at radius 2 is 1.86 bits per heavy atom. The molecule has 1 aliphatic carbocycles. The maximum absolute atomic E-state index is 10.6. The summed E-state index contributed by atoms with van der Waals surface area (Å²) >= 11 is 0. The third kappa shape index (κ3) is 1.91. The number of imidazole rings is 1. The number of rotatable bonds is 1. The molecule has 4 nitrogen and oxygen atoms in total. The van der Waals surface area contributed by atoms with Crippen LogP contribution >= 0.6 is 0 Å². The summed E-state index contributed by atoms with van der Waals surface area (Å²) in [5.41, 5.74) is 4.78. The van der Waals surface area contributed by atoms with Gasteiger partial charge in [0.25, 0.3) is 0 Å². The SMILES string of the molecule is On1c(-c2ccccn2)nc2c1-c1ccccc1CCC2. The second-order valence-electron chi connectivity index (χ2n) is 5.27. The van der Waals surface area contributed by atoms with Crippen LogP contribution in [-0.4, -0.2) is 19.9 Å². The minimum Gasteiger partial charge on any atom is -0.426 e. The van der Waals surface area contributed by atoms with Crippen molar-refractivity contribution in [3.8, 4) is 22.8 Å². The molecule has 0 bridgehead atoms. The lowest BCUT2D eigenvalue weighted by molar-refractivity contribution is 0.195. The van der Waals surface area contributed by atoms with Crippen LogP contribution in [0.25, 0.3) is 22.8 Å². The molecular formula is C17H15N3O. The van der Waals surface area contributed by atoms with Gasteiger partial charge in [-0.25, -0.2) is 4.98 Å². The fraction of sp³-hybridized carbons (Fsp3) is 0.176. The Kier molecular flexibility index (Phi) is 2.74. The maximum Gasteiger partial charge on any atom is 0.194 e. The first kappa shape index (κ1) is 12.1. The quantitative estimate of drug-likeness (QED) is 0.694. The molecule has 1 aromatic carbocycles. The molecule has 0 saturated carbocycles. The zero-order valence-corrected chi connectivity index (χ0v) is 11.5. The Balaban J connectivity index is 1.96. The first-order valence-electron chi connectivity index (χ1n) is 7.15. The van der Waals surface area contributed by atoms with Crippen LogP contribution in [0.4, 0.5) is 0 Å². The summed E-state index contributed by atoms with van der Waals surface area (Å²) in [6.07, 6.45) is 4.65. The summed E-state index contributed by atoms with van der Waals surface area (Å²) < 4.78 is 1.20. The Labute approximate surface area is 122 Å². The molecular weight excluding hydrogens is 262 g/mol. The maximum atomic E-state index is 10.6. The lowest BCUT2D eigenvalue weighted by Crippen LogP contribution is -1.99. The van der Waals surface area contributed by atoms with Crippen LogP contribution in [0.2, 0.25) is 0 Å². The molecule has 0 saturated heterocycles. The molecule has 21 heavy (non-hydrogen) atoms. The minimum atomic E-state index is 0.511. The number of pyridine rings is 1. The van der Waals surface area contributed by atoms with Gasteiger partial charge in [-0.05, 0) is 37.0 Å². The number of aryl methyl sites for hydroxylation is 2. The van der Waals surface area contributed by atoms with Gasteiger partial charge in [0.15, 0.2) is 5.82 Å². The van der Waals surface area contributed by atoms with Gasteiger partial charge in [0.05, 0.1) is 5.69 Å². The van der Waals surface area contributed by atoms with E-state index in [2.05, 4.69) is 22.1 Å². The van der Waals surface area contributed by atoms with Crippen molar-refractivity contribution in [2.75, 3.05) is 0 Å². The smallest absolute Gasteiger partial charge is 0.194 e. The van der Waals surface area contributed by atoms with Crippen LogP contribution in [-0.2, 0) is 12.8 Å². The molecule has 2 aromatic heterocycles. The van der Waals surface area contributed by atoms with E-state index < -0.39 is 0 Å². The predicted octanol–water partition coefficient (Wildman–Crippen LogP) is 3.34. The molecule has 1 N–H and O–H groups in total. The molecule has 104 valence electrons. The van der Waals surface area contributed by atoms with Gasteiger partial charge in [-0.15, -0.1) is 0 Å². The number of nitrogens with zero attached hydrogens (tertiary/aromatic N) is 3. The Morgan fingerprint density at radius 1 is 1.00 bits per heavy atom. The summed E-state index contributed by atoms with van der Waals surface area (Å²) in [6, 6.07) is 13.8. The molecule has 0 spiro atoms. The first-order chi connectivity index (χ1) is 10.3. The fourth-order valence-corrected chi connectivity index (χ4v) is 2.98. The molecule has 3 aromatic rings. The van der Waals surface area contributed by atoms with Crippen LogP contribution in [0.3, 0.4) is 0 Å². The van der Waals surface area contributed by atoms with Crippen molar-refractivity contribution in [1.29, 1.82) is 0 Å². The zero-order valence-electron chi connectivity index (χ0n) is 11.5. The van der Waals surface area contributed by atoms with Crippen molar-refractivity contribution in [3.63, 3.8) is 0 Å². The molecule has 0 fully saturated rings. The lowest BCUT2D eigenvalue weighted by atomic mass is 10.0. The normalized spacial score (nSPS) is 13.3. The largest absolute Gasteiger partial charge is 0.426 e. The van der Waals surface area contributed by atoms with E-state index >= 15 is 0 Å². The molecule has 0 radical (unpaired) electrons. The average Bonchev–Trinajstić information content (AvgIpc) is 2.75. The van der Waals surface area contributed by atoms with Gasteiger partial charge in [0.2, 0.25) is 0 Å². The summed E-state index contributed by atoms with van der Waals surface area (Å²) in [6.45, 7) is 0. The summed E-state index contributed by atoms with van der Waals surface area (Å²) in [5, 5.41) is 10.6. The van der Waals surface area contributed by atoms with Crippen LogP contribution in [0.15, 0.2) is 48.7 Å². The Morgan fingerprint density at radius 3 is 2.71 bits per heavy atom. The molecule has 0 unspecified atom stereocenters. The van der Waals surface area contributed by atoms with E-state index in [0.29, 0.717) is 11.5 Å². The van der Waals surface area contributed by atoms with E-state index in [1.54, 1.807) is 6.20 Å². The van der Waals surface area contributed by atoms with Crippen LogP contribution in [0.1, 0.15) is 17.7 Å². The fourth-order valence-electron chi connectivity index (χ4n) is 2.98.